The van der Waals surface area contributed by atoms with Gasteiger partial charge >= 0.3 is 80.8 Å². The molecule has 2 saturated heterocycles. The van der Waals surface area contributed by atoms with Crippen molar-refractivity contribution in [2.24, 2.45) is 0 Å². The first kappa shape index (κ1) is 68.0. The molecule has 6 nitrogen and oxygen atoms in total. The van der Waals surface area contributed by atoms with Crippen LogP contribution in [0.5, 0.6) is 23.0 Å². The predicted octanol–water partition coefficient (Wildman–Crippen LogP) is 6.61. The number of unbranched alkanes of at least 4 members (excludes halogenated alkanes) is 1. The fourth-order valence-electron chi connectivity index (χ4n) is 8.85. The molecule has 4 N–H and O–H groups in total. The van der Waals surface area contributed by atoms with E-state index in [1.54, 1.807) is 0 Å². The maximum atomic E-state index is 11.9. The monoisotopic (exact) mass is 1160 g/mol. The van der Waals surface area contributed by atoms with Crippen LogP contribution in [0.25, 0.3) is 0 Å². The van der Waals surface area contributed by atoms with Crippen LogP contribution in [0.3, 0.4) is 0 Å². The summed E-state index contributed by atoms with van der Waals surface area (Å²) in [6.07, 6.45) is 17.9. The summed E-state index contributed by atoms with van der Waals surface area (Å²) in [4.78, 5) is 0. The second kappa shape index (κ2) is 31.2. The van der Waals surface area contributed by atoms with Gasteiger partial charge in [-0.3, -0.25) is 0 Å². The van der Waals surface area contributed by atoms with Crippen LogP contribution < -0.4 is 50.1 Å². The minimum atomic E-state index is -0.190. The van der Waals surface area contributed by atoms with Crippen LogP contribution in [0.2, 0.25) is 0 Å². The van der Waals surface area contributed by atoms with Crippen molar-refractivity contribution in [2.75, 3.05) is 26.4 Å². The van der Waals surface area contributed by atoms with Crippen LogP contribution in [-0.4, -0.2) is 46.9 Å². The topological polar surface area (TPSA) is 99.4 Å². The van der Waals surface area contributed by atoms with Crippen molar-refractivity contribution in [3.8, 4) is 27.2 Å². The van der Waals surface area contributed by atoms with E-state index in [0.29, 0.717) is 25.7 Å². The summed E-state index contributed by atoms with van der Waals surface area (Å²) in [5.41, 5.74) is 9.48. The van der Waals surface area contributed by atoms with E-state index in [-0.39, 0.29) is 94.8 Å². The van der Waals surface area contributed by atoms with Crippen molar-refractivity contribution in [3.63, 3.8) is 0 Å². The molecule has 3 fully saturated rings. The SMILES string of the molecule is C1CCCCC1.C1CCOC1.C1CCOC1.CC(C)(C)c1cc2c(O)c(c1)Cc1cc(C(C)(C)C)cc(c1O)Cc1cc(C(C)(C)C)cc(c1O)Cc1cc(C(C)(C)C)cc(c1O)C2.CCC[C]#[W-].[Cl-].[Li+].[Li+]. The van der Waals surface area contributed by atoms with Crippen molar-refractivity contribution in [1.29, 1.82) is 0 Å². The predicted molar refractivity (Wildman–Crippen MR) is 285 cm³/mol. The van der Waals surface area contributed by atoms with Gasteiger partial charge in [0.05, 0.1) is 0 Å². The molecule has 0 unspecified atom stereocenters. The fraction of sp³-hybridized carbons (Fsp3) is 0.597. The first-order valence-corrected chi connectivity index (χ1v) is 27.7. The molecule has 0 spiro atoms. The summed E-state index contributed by atoms with van der Waals surface area (Å²) < 4.78 is 13.0. The first-order valence-electron chi connectivity index (χ1n) is 26.3. The molecule has 390 valence electrons. The number of halogens is 1. The van der Waals surface area contributed by atoms with Crippen molar-refractivity contribution in [1.82, 2.24) is 0 Å². The van der Waals surface area contributed by atoms with Gasteiger partial charge in [-0.25, -0.2) is 0 Å². The Morgan fingerprint density at radius 3 is 0.667 bits per heavy atom. The Morgan fingerprint density at radius 2 is 0.569 bits per heavy atom. The van der Waals surface area contributed by atoms with Crippen LogP contribution in [-0.2, 0) is 76.0 Å². The fourth-order valence-corrected chi connectivity index (χ4v) is 9.59. The van der Waals surface area contributed by atoms with E-state index in [1.165, 1.54) is 96.2 Å². The van der Waals surface area contributed by atoms with Crippen molar-refractivity contribution in [2.45, 2.75) is 214 Å². The van der Waals surface area contributed by atoms with Gasteiger partial charge in [0, 0.05) is 52.1 Å². The number of ether oxygens (including phenoxy) is 2. The number of hydrogen-bond acceptors (Lipinski definition) is 6. The molecule has 4 aromatic rings. The molecule has 1 saturated carbocycles. The Morgan fingerprint density at radius 1 is 0.389 bits per heavy atom. The van der Waals surface area contributed by atoms with Crippen LogP contribution in [0.4, 0.5) is 0 Å². The summed E-state index contributed by atoms with van der Waals surface area (Å²) >= 11 is 1.47. The first-order chi connectivity index (χ1) is 32.3. The maximum absolute atomic E-state index is 11.9. The zero-order chi connectivity index (χ0) is 51.2. The minimum Gasteiger partial charge on any atom is -1.00 e. The Hall–Kier alpha value is -2.05. The smallest absolute Gasteiger partial charge is 1.00 e. The van der Waals surface area contributed by atoms with Gasteiger partial charge in [0.25, 0.3) is 0 Å². The van der Waals surface area contributed by atoms with Gasteiger partial charge in [-0.05, 0) is 114 Å². The van der Waals surface area contributed by atoms with E-state index in [9.17, 15) is 20.4 Å². The second-order valence-electron chi connectivity index (χ2n) is 23.9. The van der Waals surface area contributed by atoms with Gasteiger partial charge in [0.1, 0.15) is 23.0 Å². The van der Waals surface area contributed by atoms with E-state index in [2.05, 4.69) is 143 Å². The van der Waals surface area contributed by atoms with Crippen LogP contribution in [0.15, 0.2) is 48.5 Å². The molecule has 72 heavy (non-hydrogen) atoms. The van der Waals surface area contributed by atoms with Crippen molar-refractivity contribution < 1.29 is 99.2 Å². The number of phenols is 4. The van der Waals surface area contributed by atoms with Gasteiger partial charge in [-0.15, -0.1) is 0 Å². The third-order valence-electron chi connectivity index (χ3n) is 13.6. The molecule has 8 bridgehead atoms. The second-order valence-corrected chi connectivity index (χ2v) is 25.0. The average molecular weight is 1170 g/mol. The molecule has 0 radical (unpaired) electrons. The summed E-state index contributed by atoms with van der Waals surface area (Å²) in [6.45, 7) is 32.1. The molecule has 4 aromatic carbocycles. The summed E-state index contributed by atoms with van der Waals surface area (Å²) in [7, 11) is 0. The molecule has 0 aromatic heterocycles. The average Bonchev–Trinajstić information content (AvgIpc) is 4.07. The van der Waals surface area contributed by atoms with E-state index in [1.807, 2.05) is 0 Å². The maximum Gasteiger partial charge on any atom is 1.00 e. The molecule has 0 atom stereocenters. The third-order valence-corrected chi connectivity index (χ3v) is 14.3. The molecular formula is C62H91ClLi2O6W. The van der Waals surface area contributed by atoms with Crippen molar-refractivity contribution >= 4 is 0 Å². The molecule has 4 aliphatic rings. The molecular weight excluding hydrogens is 1070 g/mol. The largest absolute Gasteiger partial charge is 1.00 e. The molecule has 8 rings (SSSR count). The van der Waals surface area contributed by atoms with Gasteiger partial charge in [-0.2, -0.15) is 0 Å². The zero-order valence-electron chi connectivity index (χ0n) is 47.7. The van der Waals surface area contributed by atoms with Gasteiger partial charge in [-0.1, -0.05) is 170 Å². The number of hydrogen-bond donors (Lipinski definition) is 4. The van der Waals surface area contributed by atoms with Crippen molar-refractivity contribution in [3.05, 3.63) is 115 Å². The summed E-state index contributed by atoms with van der Waals surface area (Å²) in [6, 6.07) is 16.5. The Bertz CT molecular complexity index is 1910. The molecule has 2 aliphatic heterocycles. The van der Waals surface area contributed by atoms with Crippen LogP contribution >= 0.6 is 0 Å². The van der Waals surface area contributed by atoms with E-state index in [0.717, 1.165) is 93.2 Å². The normalized spacial score (nSPS) is 15.3. The molecule has 10 heteroatoms. The summed E-state index contributed by atoms with van der Waals surface area (Å²) in [5, 5.41) is 47.6. The molecule has 2 heterocycles. The quantitative estimate of drug-likeness (QED) is 0.141. The van der Waals surface area contributed by atoms with Gasteiger partial charge in [0.2, 0.25) is 0 Å². The minimum absolute atomic E-state index is 0. The van der Waals surface area contributed by atoms with Gasteiger partial charge in [0.15, 0.2) is 0 Å². The van der Waals surface area contributed by atoms with E-state index in [4.69, 9.17) is 9.47 Å². The Labute approximate surface area is 478 Å². The molecule has 0 amide bonds. The standard InChI is InChI=1S/C44H56O4.C6H12.2C4H8O.C4H7.ClH.2Li.W/c1-41(2,3)33-17-25-13-27-19-34(42(4,5)6)21-29(38(27)46)15-31-23-36(44(10,11)12)24-32(40(31)48)16-30-22-35(43(7,8)9)20-28(39(30)47)14-26(18-33)37(25)45;1-2-4-6-5-3-1;2*1-2-4-5-3-1;1-3-4-2;;;;/h17-24,45-48H,13-16H2,1-12H3;1-6H2;2*1-4H2;3-4H2,1H3;1H;;;/q;;;;;;2*+1;-1/p-1. The Balaban J connectivity index is 0.000000888. The Kier molecular flexibility index (Phi) is 29.5. The number of fused-ring (bicyclic) bond motifs is 8. The van der Waals surface area contributed by atoms with Crippen LogP contribution in [0, 0.1) is 4.20 Å². The summed E-state index contributed by atoms with van der Waals surface area (Å²) in [5.74, 6) is 0.767. The number of rotatable bonds is 1. The number of benzene rings is 4. The number of aromatic hydroxyl groups is 4. The third kappa shape index (κ3) is 21.2. The van der Waals surface area contributed by atoms with E-state index >= 15 is 0 Å². The number of phenolic OH excluding ortho intramolecular Hbond substituents is 4. The van der Waals surface area contributed by atoms with Gasteiger partial charge < -0.3 is 42.3 Å². The van der Waals surface area contributed by atoms with Crippen LogP contribution in [0.1, 0.15) is 234 Å². The molecule has 2 aliphatic carbocycles. The zero-order valence-corrected chi connectivity index (χ0v) is 51.3. The van der Waals surface area contributed by atoms with E-state index < -0.39 is 0 Å².